The quantitative estimate of drug-likeness (QED) is 0.749. The summed E-state index contributed by atoms with van der Waals surface area (Å²) in [5.41, 5.74) is 0. The third-order valence-electron chi connectivity index (χ3n) is 2.71. The predicted octanol–water partition coefficient (Wildman–Crippen LogP) is 2.23. The SMILES string of the molecule is C[C@H](N[S@@](=O)C(C)(C)C)C1CCC1. The molecule has 1 N–H and O–H groups in total. The molecular weight excluding hydrogens is 182 g/mol. The van der Waals surface area contributed by atoms with Crippen molar-refractivity contribution in [2.75, 3.05) is 0 Å². The highest BCUT2D eigenvalue weighted by Gasteiger charge is 2.28. The lowest BCUT2D eigenvalue weighted by molar-refractivity contribution is 0.261. The van der Waals surface area contributed by atoms with Crippen LogP contribution < -0.4 is 4.72 Å². The van der Waals surface area contributed by atoms with E-state index in [-0.39, 0.29) is 4.75 Å². The van der Waals surface area contributed by atoms with E-state index in [4.69, 9.17) is 0 Å². The Hall–Kier alpha value is 0.110. The van der Waals surface area contributed by atoms with Crippen LogP contribution in [0.1, 0.15) is 47.0 Å². The highest BCUT2D eigenvalue weighted by Crippen LogP contribution is 2.29. The first-order chi connectivity index (χ1) is 5.91. The van der Waals surface area contributed by atoms with E-state index in [1.165, 1.54) is 19.3 Å². The summed E-state index contributed by atoms with van der Waals surface area (Å²) in [4.78, 5) is 0. The van der Waals surface area contributed by atoms with Crippen LogP contribution in [-0.2, 0) is 11.0 Å². The Morgan fingerprint density at radius 1 is 1.38 bits per heavy atom. The summed E-state index contributed by atoms with van der Waals surface area (Å²) in [6.45, 7) is 8.16. The fourth-order valence-electron chi connectivity index (χ4n) is 1.38. The number of hydrogen-bond donors (Lipinski definition) is 1. The highest BCUT2D eigenvalue weighted by molar-refractivity contribution is 7.84. The van der Waals surface area contributed by atoms with Crippen molar-refractivity contribution in [3.63, 3.8) is 0 Å². The fraction of sp³-hybridized carbons (Fsp3) is 1.00. The molecule has 1 saturated carbocycles. The molecule has 0 unspecified atom stereocenters. The summed E-state index contributed by atoms with van der Waals surface area (Å²) in [7, 11) is -0.906. The van der Waals surface area contributed by atoms with E-state index in [1.807, 2.05) is 20.8 Å². The van der Waals surface area contributed by atoms with Crippen molar-refractivity contribution in [1.29, 1.82) is 0 Å². The van der Waals surface area contributed by atoms with E-state index in [0.717, 1.165) is 5.92 Å². The molecule has 0 aliphatic heterocycles. The maximum atomic E-state index is 11.7. The normalized spacial score (nSPS) is 23.7. The molecule has 1 aliphatic rings. The van der Waals surface area contributed by atoms with Gasteiger partial charge in [-0.25, -0.2) is 8.93 Å². The third-order valence-corrected chi connectivity index (χ3v) is 4.40. The molecule has 2 nitrogen and oxygen atoms in total. The third kappa shape index (κ3) is 3.06. The van der Waals surface area contributed by atoms with E-state index < -0.39 is 11.0 Å². The van der Waals surface area contributed by atoms with E-state index in [9.17, 15) is 4.21 Å². The van der Waals surface area contributed by atoms with Crippen LogP contribution in [0.4, 0.5) is 0 Å². The van der Waals surface area contributed by atoms with Crippen LogP contribution in [0, 0.1) is 5.92 Å². The average molecular weight is 203 g/mol. The van der Waals surface area contributed by atoms with Gasteiger partial charge in [0.25, 0.3) is 0 Å². The van der Waals surface area contributed by atoms with E-state index >= 15 is 0 Å². The van der Waals surface area contributed by atoms with Crippen molar-refractivity contribution in [2.24, 2.45) is 5.92 Å². The fourth-order valence-corrected chi connectivity index (χ4v) is 2.27. The Labute approximate surface area is 84.1 Å². The molecule has 0 spiro atoms. The Balaban J connectivity index is 2.35. The molecule has 2 atom stereocenters. The molecule has 13 heavy (non-hydrogen) atoms. The topological polar surface area (TPSA) is 29.1 Å². The summed E-state index contributed by atoms with van der Waals surface area (Å²) in [5, 5.41) is 0. The first-order valence-electron chi connectivity index (χ1n) is 5.09. The summed E-state index contributed by atoms with van der Waals surface area (Å²) in [6, 6.07) is 0.411. The predicted molar refractivity (Wildman–Crippen MR) is 57.8 cm³/mol. The van der Waals surface area contributed by atoms with Crippen molar-refractivity contribution in [3.05, 3.63) is 0 Å². The Bertz CT molecular complexity index is 194. The van der Waals surface area contributed by atoms with Crippen molar-refractivity contribution < 1.29 is 4.21 Å². The van der Waals surface area contributed by atoms with Gasteiger partial charge in [-0.3, -0.25) is 0 Å². The van der Waals surface area contributed by atoms with E-state index in [2.05, 4.69) is 11.6 Å². The van der Waals surface area contributed by atoms with Gasteiger partial charge in [0.15, 0.2) is 0 Å². The maximum absolute atomic E-state index is 11.7. The van der Waals surface area contributed by atoms with Crippen LogP contribution in [0.15, 0.2) is 0 Å². The smallest absolute Gasteiger partial charge is 0.0972 e. The Morgan fingerprint density at radius 2 is 1.92 bits per heavy atom. The number of rotatable bonds is 3. The second kappa shape index (κ2) is 4.09. The summed E-state index contributed by atoms with van der Waals surface area (Å²) in [6.07, 6.45) is 3.95. The van der Waals surface area contributed by atoms with Gasteiger partial charge >= 0.3 is 0 Å². The minimum Gasteiger partial charge on any atom is -0.242 e. The molecule has 0 radical (unpaired) electrons. The lowest BCUT2D eigenvalue weighted by atomic mass is 9.81. The van der Waals surface area contributed by atoms with Gasteiger partial charge in [0.2, 0.25) is 0 Å². The Kier molecular flexibility index (Phi) is 3.52. The molecule has 78 valence electrons. The molecule has 1 rings (SSSR count). The second-order valence-corrected chi connectivity index (χ2v) is 6.98. The van der Waals surface area contributed by atoms with Crippen molar-refractivity contribution in [2.45, 2.75) is 57.7 Å². The Morgan fingerprint density at radius 3 is 2.23 bits per heavy atom. The van der Waals surface area contributed by atoms with Gasteiger partial charge < -0.3 is 0 Å². The van der Waals surface area contributed by atoms with Gasteiger partial charge in [0, 0.05) is 6.04 Å². The van der Waals surface area contributed by atoms with Crippen LogP contribution in [0.25, 0.3) is 0 Å². The zero-order chi connectivity index (χ0) is 10.1. The largest absolute Gasteiger partial charge is 0.242 e. The van der Waals surface area contributed by atoms with Crippen LogP contribution in [0.3, 0.4) is 0 Å². The molecule has 1 fully saturated rings. The van der Waals surface area contributed by atoms with Gasteiger partial charge in [0.1, 0.15) is 0 Å². The highest BCUT2D eigenvalue weighted by atomic mass is 32.2. The first-order valence-corrected chi connectivity index (χ1v) is 6.24. The monoisotopic (exact) mass is 203 g/mol. The maximum Gasteiger partial charge on any atom is 0.0972 e. The van der Waals surface area contributed by atoms with Crippen molar-refractivity contribution in [1.82, 2.24) is 4.72 Å². The number of nitrogens with one attached hydrogen (secondary N) is 1. The van der Waals surface area contributed by atoms with Crippen LogP contribution in [0.5, 0.6) is 0 Å². The van der Waals surface area contributed by atoms with Gasteiger partial charge in [0.05, 0.1) is 15.7 Å². The van der Waals surface area contributed by atoms with E-state index in [0.29, 0.717) is 6.04 Å². The standard InChI is InChI=1S/C10H21NOS/c1-8(9-6-5-7-9)11-13(12)10(2,3)4/h8-9,11H,5-7H2,1-4H3/t8-,13-/m0/s1. The zero-order valence-electron chi connectivity index (χ0n) is 9.09. The van der Waals surface area contributed by atoms with Crippen LogP contribution in [-0.4, -0.2) is 15.0 Å². The molecule has 0 amide bonds. The summed E-state index contributed by atoms with van der Waals surface area (Å²) in [5.74, 6) is 0.756. The molecule has 0 aromatic rings. The summed E-state index contributed by atoms with van der Waals surface area (Å²) >= 11 is 0. The second-order valence-electron chi connectivity index (χ2n) is 4.98. The van der Waals surface area contributed by atoms with Crippen molar-refractivity contribution in [3.8, 4) is 0 Å². The average Bonchev–Trinajstić information content (AvgIpc) is 1.79. The number of hydrogen-bond acceptors (Lipinski definition) is 1. The molecule has 0 aromatic carbocycles. The molecule has 0 saturated heterocycles. The van der Waals surface area contributed by atoms with Crippen molar-refractivity contribution >= 4 is 11.0 Å². The molecule has 0 bridgehead atoms. The van der Waals surface area contributed by atoms with E-state index in [1.54, 1.807) is 0 Å². The van der Waals surface area contributed by atoms with Gasteiger partial charge in [-0.1, -0.05) is 6.42 Å². The minimum absolute atomic E-state index is 0.141. The van der Waals surface area contributed by atoms with Gasteiger partial charge in [-0.05, 0) is 46.5 Å². The molecule has 3 heteroatoms. The lowest BCUT2D eigenvalue weighted by Crippen LogP contribution is -2.43. The first kappa shape index (κ1) is 11.2. The molecule has 1 aliphatic carbocycles. The lowest BCUT2D eigenvalue weighted by Gasteiger charge is -2.33. The van der Waals surface area contributed by atoms with Crippen LogP contribution >= 0.6 is 0 Å². The summed E-state index contributed by atoms with van der Waals surface area (Å²) < 4.78 is 14.8. The molecule has 0 heterocycles. The minimum atomic E-state index is -0.906. The van der Waals surface area contributed by atoms with Gasteiger partial charge in [-0.15, -0.1) is 0 Å². The van der Waals surface area contributed by atoms with Gasteiger partial charge in [-0.2, -0.15) is 0 Å². The van der Waals surface area contributed by atoms with Crippen LogP contribution in [0.2, 0.25) is 0 Å². The zero-order valence-corrected chi connectivity index (χ0v) is 9.91. The molecular formula is C10H21NOS. The molecule has 0 aromatic heterocycles.